The SMILES string of the molecule is CC(=O)NCC1CCN(C(=O)c2ccc(-c3ccco3)nc2C)CC1. The van der Waals surface area contributed by atoms with Crippen molar-refractivity contribution >= 4 is 11.8 Å². The molecule has 0 bridgehead atoms. The molecule has 0 radical (unpaired) electrons. The van der Waals surface area contributed by atoms with E-state index in [4.69, 9.17) is 4.42 Å². The van der Waals surface area contributed by atoms with Gasteiger partial charge in [0, 0.05) is 26.6 Å². The Kier molecular flexibility index (Phi) is 5.16. The van der Waals surface area contributed by atoms with Gasteiger partial charge in [-0.05, 0) is 49.9 Å². The third-order valence-corrected chi connectivity index (χ3v) is 4.63. The number of nitrogens with one attached hydrogen (secondary N) is 1. The number of hydrogen-bond donors (Lipinski definition) is 1. The van der Waals surface area contributed by atoms with Crippen molar-refractivity contribution in [1.82, 2.24) is 15.2 Å². The van der Waals surface area contributed by atoms with Crippen LogP contribution in [0.3, 0.4) is 0 Å². The molecule has 25 heavy (non-hydrogen) atoms. The molecular formula is C19H23N3O3. The largest absolute Gasteiger partial charge is 0.463 e. The molecular weight excluding hydrogens is 318 g/mol. The number of likely N-dealkylation sites (tertiary alicyclic amines) is 1. The van der Waals surface area contributed by atoms with E-state index in [1.165, 1.54) is 6.92 Å². The predicted octanol–water partition coefficient (Wildman–Crippen LogP) is 2.64. The fraction of sp³-hybridized carbons (Fsp3) is 0.421. The summed E-state index contributed by atoms with van der Waals surface area (Å²) >= 11 is 0. The zero-order chi connectivity index (χ0) is 17.8. The third kappa shape index (κ3) is 4.07. The van der Waals surface area contributed by atoms with E-state index < -0.39 is 0 Å². The first-order chi connectivity index (χ1) is 12.0. The monoisotopic (exact) mass is 341 g/mol. The van der Waals surface area contributed by atoms with Crippen molar-refractivity contribution in [3.05, 3.63) is 41.8 Å². The van der Waals surface area contributed by atoms with Gasteiger partial charge < -0.3 is 14.6 Å². The van der Waals surface area contributed by atoms with Crippen LogP contribution in [0, 0.1) is 12.8 Å². The van der Waals surface area contributed by atoms with Gasteiger partial charge in [0.05, 0.1) is 17.5 Å². The van der Waals surface area contributed by atoms with Gasteiger partial charge in [-0.15, -0.1) is 0 Å². The highest BCUT2D eigenvalue weighted by Gasteiger charge is 2.25. The summed E-state index contributed by atoms with van der Waals surface area (Å²) in [4.78, 5) is 30.2. The van der Waals surface area contributed by atoms with Crippen molar-refractivity contribution in [1.29, 1.82) is 0 Å². The average Bonchev–Trinajstić information content (AvgIpc) is 3.14. The molecule has 1 aliphatic heterocycles. The van der Waals surface area contributed by atoms with E-state index in [0.29, 0.717) is 42.6 Å². The fourth-order valence-corrected chi connectivity index (χ4v) is 3.15. The molecule has 3 rings (SSSR count). The molecule has 6 heteroatoms. The van der Waals surface area contributed by atoms with Crippen molar-refractivity contribution in [2.75, 3.05) is 19.6 Å². The molecule has 1 fully saturated rings. The van der Waals surface area contributed by atoms with Crippen LogP contribution in [-0.2, 0) is 4.79 Å². The number of pyridine rings is 1. The number of aryl methyl sites for hydroxylation is 1. The summed E-state index contributed by atoms with van der Waals surface area (Å²) in [6.07, 6.45) is 3.42. The van der Waals surface area contributed by atoms with Crippen LogP contribution in [0.4, 0.5) is 0 Å². The van der Waals surface area contributed by atoms with E-state index in [1.54, 1.807) is 6.26 Å². The van der Waals surface area contributed by atoms with Gasteiger partial charge in [-0.2, -0.15) is 0 Å². The molecule has 2 aromatic heterocycles. The Morgan fingerprint density at radius 1 is 1.28 bits per heavy atom. The molecule has 1 N–H and O–H groups in total. The number of hydrogen-bond acceptors (Lipinski definition) is 4. The maximum atomic E-state index is 12.8. The molecule has 1 aliphatic rings. The number of furan rings is 1. The number of nitrogens with zero attached hydrogens (tertiary/aromatic N) is 2. The van der Waals surface area contributed by atoms with Gasteiger partial charge >= 0.3 is 0 Å². The van der Waals surface area contributed by atoms with Crippen molar-refractivity contribution in [2.45, 2.75) is 26.7 Å². The Morgan fingerprint density at radius 2 is 2.04 bits per heavy atom. The second-order valence-electron chi connectivity index (χ2n) is 6.48. The van der Waals surface area contributed by atoms with Gasteiger partial charge in [0.2, 0.25) is 5.91 Å². The Bertz CT molecular complexity index is 747. The number of carbonyl (C=O) groups excluding carboxylic acids is 2. The minimum atomic E-state index is -0.00291. The number of carbonyl (C=O) groups is 2. The molecule has 2 amide bonds. The molecule has 0 aromatic carbocycles. The van der Waals surface area contributed by atoms with Crippen LogP contribution in [-0.4, -0.2) is 41.3 Å². The molecule has 1 saturated heterocycles. The first-order valence-electron chi connectivity index (χ1n) is 8.60. The number of amides is 2. The van der Waals surface area contributed by atoms with E-state index in [9.17, 15) is 9.59 Å². The molecule has 6 nitrogen and oxygen atoms in total. The van der Waals surface area contributed by atoms with Crippen molar-refractivity contribution in [3.63, 3.8) is 0 Å². The third-order valence-electron chi connectivity index (χ3n) is 4.63. The standard InChI is InChI=1S/C19H23N3O3/c1-13-16(5-6-17(21-13)18-4-3-11-25-18)19(24)22-9-7-15(8-10-22)12-20-14(2)23/h3-6,11,15H,7-10,12H2,1-2H3,(H,20,23). The summed E-state index contributed by atoms with van der Waals surface area (Å²) in [6.45, 7) is 5.49. The second kappa shape index (κ2) is 7.51. The molecule has 0 saturated carbocycles. The minimum Gasteiger partial charge on any atom is -0.463 e. The van der Waals surface area contributed by atoms with E-state index in [1.807, 2.05) is 36.1 Å². The lowest BCUT2D eigenvalue weighted by Crippen LogP contribution is -2.41. The summed E-state index contributed by atoms with van der Waals surface area (Å²) in [5.41, 5.74) is 2.07. The number of rotatable bonds is 4. The van der Waals surface area contributed by atoms with Crippen LogP contribution in [0.15, 0.2) is 34.9 Å². The van der Waals surface area contributed by atoms with E-state index in [2.05, 4.69) is 10.3 Å². The van der Waals surface area contributed by atoms with Crippen LogP contribution in [0.1, 0.15) is 35.8 Å². The molecule has 2 aromatic rings. The van der Waals surface area contributed by atoms with Crippen LogP contribution < -0.4 is 5.32 Å². The Balaban J connectivity index is 1.63. The molecule has 0 unspecified atom stereocenters. The number of piperidine rings is 1. The summed E-state index contributed by atoms with van der Waals surface area (Å²) in [5.74, 6) is 1.15. The van der Waals surface area contributed by atoms with Crippen LogP contribution >= 0.6 is 0 Å². The predicted molar refractivity (Wildman–Crippen MR) is 94.0 cm³/mol. The van der Waals surface area contributed by atoms with E-state index in [-0.39, 0.29) is 11.8 Å². The van der Waals surface area contributed by atoms with Crippen molar-refractivity contribution in [2.24, 2.45) is 5.92 Å². The quantitative estimate of drug-likeness (QED) is 0.927. The smallest absolute Gasteiger partial charge is 0.255 e. The highest BCUT2D eigenvalue weighted by atomic mass is 16.3. The first-order valence-corrected chi connectivity index (χ1v) is 8.60. The summed E-state index contributed by atoms with van der Waals surface area (Å²) < 4.78 is 5.36. The normalized spacial score (nSPS) is 15.2. The van der Waals surface area contributed by atoms with Crippen LogP contribution in [0.25, 0.3) is 11.5 Å². The molecule has 3 heterocycles. The van der Waals surface area contributed by atoms with Crippen molar-refractivity contribution in [3.8, 4) is 11.5 Å². The van der Waals surface area contributed by atoms with Gasteiger partial charge in [-0.3, -0.25) is 9.59 Å². The van der Waals surface area contributed by atoms with E-state index >= 15 is 0 Å². The topological polar surface area (TPSA) is 75.4 Å². The zero-order valence-electron chi connectivity index (χ0n) is 14.6. The molecule has 0 atom stereocenters. The second-order valence-corrected chi connectivity index (χ2v) is 6.48. The first kappa shape index (κ1) is 17.2. The lowest BCUT2D eigenvalue weighted by Gasteiger charge is -2.32. The Labute approximate surface area is 147 Å². The minimum absolute atomic E-state index is 0.00291. The summed E-state index contributed by atoms with van der Waals surface area (Å²) in [6, 6.07) is 7.31. The molecule has 132 valence electrons. The van der Waals surface area contributed by atoms with Gasteiger partial charge in [0.25, 0.3) is 5.91 Å². The van der Waals surface area contributed by atoms with E-state index in [0.717, 1.165) is 18.5 Å². The summed E-state index contributed by atoms with van der Waals surface area (Å²) in [5, 5.41) is 2.86. The average molecular weight is 341 g/mol. The Hall–Kier alpha value is -2.63. The van der Waals surface area contributed by atoms with Gasteiger partial charge in [-0.1, -0.05) is 0 Å². The van der Waals surface area contributed by atoms with Crippen molar-refractivity contribution < 1.29 is 14.0 Å². The van der Waals surface area contributed by atoms with Crippen LogP contribution in [0.5, 0.6) is 0 Å². The van der Waals surface area contributed by atoms with Gasteiger partial charge in [0.15, 0.2) is 5.76 Å². The Morgan fingerprint density at radius 3 is 2.64 bits per heavy atom. The summed E-state index contributed by atoms with van der Waals surface area (Å²) in [7, 11) is 0. The lowest BCUT2D eigenvalue weighted by molar-refractivity contribution is -0.119. The van der Waals surface area contributed by atoms with Crippen LogP contribution in [0.2, 0.25) is 0 Å². The van der Waals surface area contributed by atoms with Gasteiger partial charge in [-0.25, -0.2) is 4.98 Å². The maximum absolute atomic E-state index is 12.8. The lowest BCUT2D eigenvalue weighted by atomic mass is 9.96. The maximum Gasteiger partial charge on any atom is 0.255 e. The highest BCUT2D eigenvalue weighted by molar-refractivity contribution is 5.95. The molecule has 0 aliphatic carbocycles. The fourth-order valence-electron chi connectivity index (χ4n) is 3.15. The number of aromatic nitrogens is 1. The molecule has 0 spiro atoms. The van der Waals surface area contributed by atoms with Gasteiger partial charge in [0.1, 0.15) is 5.69 Å². The zero-order valence-corrected chi connectivity index (χ0v) is 14.6. The highest BCUT2D eigenvalue weighted by Crippen LogP contribution is 2.22.